The third-order valence-electron chi connectivity index (χ3n) is 4.05. The topological polar surface area (TPSA) is 35.8 Å². The zero-order valence-corrected chi connectivity index (χ0v) is 11.2. The molecule has 2 heteroatoms. The van der Waals surface area contributed by atoms with Crippen LogP contribution in [0.5, 0.6) is 0 Å². The van der Waals surface area contributed by atoms with Crippen LogP contribution in [-0.2, 0) is 0 Å². The Balaban J connectivity index is 1.90. The summed E-state index contributed by atoms with van der Waals surface area (Å²) in [5, 5.41) is 12.4. The monoisotopic (exact) mass is 242 g/mol. The van der Waals surface area contributed by atoms with E-state index in [1.807, 2.05) is 24.3 Å². The number of nitrogens with zero attached hydrogens (tertiary/aromatic N) is 1. The van der Waals surface area contributed by atoms with Gasteiger partial charge in [-0.2, -0.15) is 5.26 Å². The molecule has 2 nitrogen and oxygen atoms in total. The van der Waals surface area contributed by atoms with Crippen LogP contribution in [0.2, 0.25) is 0 Å². The lowest BCUT2D eigenvalue weighted by molar-refractivity contribution is 0.444. The lowest BCUT2D eigenvalue weighted by Gasteiger charge is -2.18. The molecule has 1 N–H and O–H groups in total. The van der Waals surface area contributed by atoms with Crippen molar-refractivity contribution in [1.29, 1.82) is 5.26 Å². The summed E-state index contributed by atoms with van der Waals surface area (Å²) in [4.78, 5) is 0. The predicted octanol–water partition coefficient (Wildman–Crippen LogP) is 4.33. The Kier molecular flexibility index (Phi) is 4.64. The number of hydrogen-bond acceptors (Lipinski definition) is 2. The summed E-state index contributed by atoms with van der Waals surface area (Å²) in [5.74, 6) is 0.928. The summed E-state index contributed by atoms with van der Waals surface area (Å²) in [6.07, 6.45) is 7.96. The van der Waals surface area contributed by atoms with Gasteiger partial charge in [-0.15, -0.1) is 0 Å². The van der Waals surface area contributed by atoms with Crippen molar-refractivity contribution in [1.82, 2.24) is 0 Å². The minimum absolute atomic E-state index is 0.606. The molecule has 0 spiro atoms. The van der Waals surface area contributed by atoms with Crippen molar-refractivity contribution in [2.24, 2.45) is 5.92 Å². The molecule has 2 atom stereocenters. The minimum Gasteiger partial charge on any atom is -0.382 e. The van der Waals surface area contributed by atoms with E-state index in [4.69, 9.17) is 5.26 Å². The van der Waals surface area contributed by atoms with Gasteiger partial charge in [-0.25, -0.2) is 0 Å². The van der Waals surface area contributed by atoms with Crippen LogP contribution in [0, 0.1) is 17.2 Å². The molecule has 0 aliphatic heterocycles. The molecule has 0 bridgehead atoms. The molecule has 0 aromatic heterocycles. The normalized spacial score (nSPS) is 24.0. The lowest BCUT2D eigenvalue weighted by atomic mass is 9.98. The van der Waals surface area contributed by atoms with Crippen LogP contribution in [0.1, 0.15) is 51.0 Å². The third-order valence-corrected chi connectivity index (χ3v) is 4.05. The Bertz CT molecular complexity index is 402. The van der Waals surface area contributed by atoms with E-state index >= 15 is 0 Å². The number of rotatable bonds is 3. The van der Waals surface area contributed by atoms with Gasteiger partial charge in [0.25, 0.3) is 0 Å². The molecule has 18 heavy (non-hydrogen) atoms. The van der Waals surface area contributed by atoms with Crippen LogP contribution in [-0.4, -0.2) is 6.04 Å². The van der Waals surface area contributed by atoms with Gasteiger partial charge in [-0.3, -0.25) is 0 Å². The molecule has 1 aliphatic carbocycles. The number of benzene rings is 1. The first-order valence-corrected chi connectivity index (χ1v) is 7.08. The summed E-state index contributed by atoms with van der Waals surface area (Å²) in [6, 6.07) is 10.6. The Labute approximate surface area is 110 Å². The fourth-order valence-electron chi connectivity index (χ4n) is 2.81. The van der Waals surface area contributed by atoms with E-state index in [2.05, 4.69) is 18.3 Å². The van der Waals surface area contributed by atoms with Gasteiger partial charge in [0.15, 0.2) is 0 Å². The first-order chi connectivity index (χ1) is 8.81. The third kappa shape index (κ3) is 3.50. The van der Waals surface area contributed by atoms with Crippen molar-refractivity contribution < 1.29 is 0 Å². The van der Waals surface area contributed by atoms with Crippen molar-refractivity contribution in [2.75, 3.05) is 5.32 Å². The summed E-state index contributed by atoms with van der Waals surface area (Å²) < 4.78 is 0. The van der Waals surface area contributed by atoms with Crippen molar-refractivity contribution >= 4 is 5.69 Å². The lowest BCUT2D eigenvalue weighted by Crippen LogP contribution is -2.18. The minimum atomic E-state index is 0.606. The fraction of sp³-hybridized carbons (Fsp3) is 0.562. The molecule has 1 aliphatic rings. The van der Waals surface area contributed by atoms with Crippen molar-refractivity contribution in [3.05, 3.63) is 29.8 Å². The van der Waals surface area contributed by atoms with Crippen LogP contribution in [0.3, 0.4) is 0 Å². The van der Waals surface area contributed by atoms with Gasteiger partial charge in [-0.1, -0.05) is 26.2 Å². The molecule has 2 rings (SSSR count). The summed E-state index contributed by atoms with van der Waals surface area (Å²) in [6.45, 7) is 2.30. The Morgan fingerprint density at radius 1 is 1.17 bits per heavy atom. The predicted molar refractivity (Wildman–Crippen MR) is 75.4 cm³/mol. The largest absolute Gasteiger partial charge is 0.382 e. The highest BCUT2D eigenvalue weighted by atomic mass is 14.9. The summed E-state index contributed by atoms with van der Waals surface area (Å²) in [7, 11) is 0. The Morgan fingerprint density at radius 2 is 1.94 bits per heavy atom. The van der Waals surface area contributed by atoms with E-state index in [-0.39, 0.29) is 0 Å². The molecule has 1 fully saturated rings. The average molecular weight is 242 g/mol. The zero-order chi connectivity index (χ0) is 12.8. The zero-order valence-electron chi connectivity index (χ0n) is 11.2. The van der Waals surface area contributed by atoms with Gasteiger partial charge in [0.1, 0.15) is 0 Å². The summed E-state index contributed by atoms with van der Waals surface area (Å²) in [5.41, 5.74) is 1.88. The molecular formula is C16H22N2. The van der Waals surface area contributed by atoms with Crippen molar-refractivity contribution in [3.63, 3.8) is 0 Å². The van der Waals surface area contributed by atoms with Crippen LogP contribution >= 0.6 is 0 Å². The molecule has 2 unspecified atom stereocenters. The van der Waals surface area contributed by atoms with Crippen LogP contribution in [0.25, 0.3) is 0 Å². The second-order valence-electron chi connectivity index (χ2n) is 5.31. The molecule has 1 aromatic carbocycles. The van der Waals surface area contributed by atoms with Crippen LogP contribution in [0.4, 0.5) is 5.69 Å². The van der Waals surface area contributed by atoms with E-state index in [9.17, 15) is 0 Å². The van der Waals surface area contributed by atoms with E-state index in [0.29, 0.717) is 6.04 Å². The number of anilines is 1. The van der Waals surface area contributed by atoms with Gasteiger partial charge in [0, 0.05) is 11.7 Å². The van der Waals surface area contributed by atoms with Gasteiger partial charge >= 0.3 is 0 Å². The SMILES string of the molecule is CCC1CCCC(Nc2ccc(C#N)cc2)CC1. The quantitative estimate of drug-likeness (QED) is 0.801. The number of nitrogens with one attached hydrogen (secondary N) is 1. The molecule has 0 saturated heterocycles. The maximum absolute atomic E-state index is 8.77. The average Bonchev–Trinajstić information content (AvgIpc) is 2.65. The highest BCUT2D eigenvalue weighted by molar-refractivity contribution is 5.47. The van der Waals surface area contributed by atoms with Gasteiger partial charge in [-0.05, 0) is 49.4 Å². The van der Waals surface area contributed by atoms with Gasteiger partial charge < -0.3 is 5.32 Å². The first-order valence-electron chi connectivity index (χ1n) is 7.08. The second-order valence-corrected chi connectivity index (χ2v) is 5.31. The van der Waals surface area contributed by atoms with E-state index in [0.717, 1.165) is 17.2 Å². The first kappa shape index (κ1) is 13.0. The molecule has 0 amide bonds. The number of hydrogen-bond donors (Lipinski definition) is 1. The van der Waals surface area contributed by atoms with Crippen molar-refractivity contribution in [3.8, 4) is 6.07 Å². The standard InChI is InChI=1S/C16H22N2/c1-2-13-4-3-5-15(9-6-13)18-16-10-7-14(12-17)8-11-16/h7-8,10-11,13,15,18H,2-6,9H2,1H3. The molecule has 1 saturated carbocycles. The summed E-state index contributed by atoms with van der Waals surface area (Å²) >= 11 is 0. The molecule has 96 valence electrons. The highest BCUT2D eigenvalue weighted by Gasteiger charge is 2.17. The smallest absolute Gasteiger partial charge is 0.0991 e. The molecule has 0 heterocycles. The highest BCUT2D eigenvalue weighted by Crippen LogP contribution is 2.27. The van der Waals surface area contributed by atoms with Crippen LogP contribution < -0.4 is 5.32 Å². The maximum atomic E-state index is 8.77. The van der Waals surface area contributed by atoms with Gasteiger partial charge in [0.2, 0.25) is 0 Å². The fourth-order valence-corrected chi connectivity index (χ4v) is 2.81. The Hall–Kier alpha value is -1.49. The van der Waals surface area contributed by atoms with E-state index < -0.39 is 0 Å². The van der Waals surface area contributed by atoms with E-state index in [1.54, 1.807) is 0 Å². The number of nitriles is 1. The molecular weight excluding hydrogens is 220 g/mol. The molecule has 0 radical (unpaired) electrons. The van der Waals surface area contributed by atoms with E-state index in [1.165, 1.54) is 38.5 Å². The maximum Gasteiger partial charge on any atom is 0.0991 e. The molecule has 1 aromatic rings. The van der Waals surface area contributed by atoms with Crippen molar-refractivity contribution in [2.45, 2.75) is 51.5 Å². The Morgan fingerprint density at radius 3 is 2.61 bits per heavy atom. The van der Waals surface area contributed by atoms with Crippen LogP contribution in [0.15, 0.2) is 24.3 Å². The van der Waals surface area contributed by atoms with Gasteiger partial charge in [0.05, 0.1) is 11.6 Å². The second kappa shape index (κ2) is 6.44.